The zero-order chi connectivity index (χ0) is 48.2. The fourth-order valence-corrected chi connectivity index (χ4v) is 10.1. The van der Waals surface area contributed by atoms with Crippen molar-refractivity contribution >= 4 is 99.1 Å². The molecule has 68 heavy (non-hydrogen) atoms. The van der Waals surface area contributed by atoms with E-state index in [4.69, 9.17) is 51.4 Å². The summed E-state index contributed by atoms with van der Waals surface area (Å²) in [4.78, 5) is 64.1. The zero-order valence-corrected chi connectivity index (χ0v) is 41.5. The van der Waals surface area contributed by atoms with Gasteiger partial charge in [0.2, 0.25) is 17.7 Å². The van der Waals surface area contributed by atoms with E-state index in [2.05, 4.69) is 34.7 Å². The van der Waals surface area contributed by atoms with E-state index in [0.717, 1.165) is 49.0 Å². The van der Waals surface area contributed by atoms with E-state index in [9.17, 15) is 19.2 Å². The highest BCUT2D eigenvalue weighted by atomic mass is 35.5. The SMILES string of the molecule is Cc1cc(/C=C2\CN(C(=O)[C@H](Cc3ccccc3)NC(=O)CCCNC(=O)C[C@@H]3N=C(c4ccc(Cl)cc4)c4c(sc(C)c4C)-n4c(C)nnc43)C/C(=C\c3ccc(Cl)c(Cl)c3)C2=O)ccc1Cl. The third-order valence-electron chi connectivity index (χ3n) is 12.0. The number of aryl methyl sites for hydroxylation is 3. The molecule has 2 aliphatic heterocycles. The van der Waals surface area contributed by atoms with Gasteiger partial charge in [-0.25, -0.2) is 0 Å². The fraction of sp³-hybridized carbons (Fsp3) is 0.250. The number of nitrogens with zero attached hydrogens (tertiary/aromatic N) is 5. The van der Waals surface area contributed by atoms with Gasteiger partial charge in [0.05, 0.1) is 22.2 Å². The van der Waals surface area contributed by atoms with Crippen LogP contribution < -0.4 is 10.6 Å². The number of carbonyl (C=O) groups is 4. The maximum atomic E-state index is 14.7. The van der Waals surface area contributed by atoms with Crippen molar-refractivity contribution < 1.29 is 19.2 Å². The number of ketones is 1. The summed E-state index contributed by atoms with van der Waals surface area (Å²) in [5.74, 6) is 0.0572. The molecule has 11 nitrogen and oxygen atoms in total. The van der Waals surface area contributed by atoms with Gasteiger partial charge in [-0.1, -0.05) is 107 Å². The zero-order valence-electron chi connectivity index (χ0n) is 37.7. The first-order valence-electron chi connectivity index (χ1n) is 22.1. The second-order valence-electron chi connectivity index (χ2n) is 16.9. The Morgan fingerprint density at radius 1 is 0.809 bits per heavy atom. The molecular formula is C52H47Cl4N7O4S. The Balaban J connectivity index is 0.971. The van der Waals surface area contributed by atoms with Gasteiger partial charge in [0.25, 0.3) is 0 Å². The summed E-state index contributed by atoms with van der Waals surface area (Å²) in [5.41, 5.74) is 7.52. The van der Waals surface area contributed by atoms with Crippen LogP contribution in [0, 0.1) is 27.7 Å². The smallest absolute Gasteiger partial charge is 0.246 e. The molecule has 348 valence electrons. The standard InChI is InChI=1S/C52H47Cl4N7O4S/c1-29-21-34(12-18-40(29)54)22-37-27-62(28-38(49(37)66)23-35-13-19-41(55)42(56)24-35)51(67)44(25-33-9-6-5-7-10-33)58-45(64)11-8-20-57-46(65)26-43-50-61-60-32(4)63(50)52-47(30(2)31(3)68-52)48(59-43)36-14-16-39(53)17-15-36/h5-7,9-10,12-19,21-24,43-44H,8,11,20,25-28H2,1-4H3,(H,57,65)(H,58,64)/b37-22+,38-23+/t43-,44-/m0/s1. The number of Topliss-reactive ketones (excluding diaryl/α,β-unsaturated/α-hetero) is 1. The Labute approximate surface area is 418 Å². The average Bonchev–Trinajstić information content (AvgIpc) is 3.80. The molecule has 3 amide bonds. The number of amides is 3. The van der Waals surface area contributed by atoms with Crippen LogP contribution in [0.3, 0.4) is 0 Å². The molecular weight excluding hydrogens is 960 g/mol. The molecule has 1 saturated heterocycles. The van der Waals surface area contributed by atoms with E-state index >= 15 is 0 Å². The average molecular weight is 1010 g/mol. The largest absolute Gasteiger partial charge is 0.356 e. The van der Waals surface area contributed by atoms with Crippen molar-refractivity contribution in [1.29, 1.82) is 0 Å². The normalized spacial score (nSPS) is 16.2. The fourth-order valence-electron chi connectivity index (χ4n) is 8.35. The third kappa shape index (κ3) is 11.0. The Hall–Kier alpha value is -5.89. The number of aromatic nitrogens is 3. The number of nitrogens with one attached hydrogen (secondary N) is 2. The molecule has 8 rings (SSSR count). The number of benzene rings is 4. The monoisotopic (exact) mass is 1010 g/mol. The van der Waals surface area contributed by atoms with Crippen molar-refractivity contribution in [2.75, 3.05) is 19.6 Å². The summed E-state index contributed by atoms with van der Waals surface area (Å²) in [6.07, 6.45) is 4.02. The molecule has 6 aromatic rings. The molecule has 0 radical (unpaired) electrons. The Kier molecular flexibility index (Phi) is 15.1. The number of hydrogen-bond donors (Lipinski definition) is 2. The maximum absolute atomic E-state index is 14.7. The Bertz CT molecular complexity index is 2960. The van der Waals surface area contributed by atoms with Crippen LogP contribution in [-0.4, -0.2) is 74.6 Å². The predicted molar refractivity (Wildman–Crippen MR) is 272 cm³/mol. The van der Waals surface area contributed by atoms with Crippen LogP contribution in [0.2, 0.25) is 20.1 Å². The van der Waals surface area contributed by atoms with Crippen LogP contribution in [0.1, 0.15) is 80.8 Å². The Morgan fingerprint density at radius 2 is 1.49 bits per heavy atom. The van der Waals surface area contributed by atoms with Gasteiger partial charge in [0.15, 0.2) is 11.6 Å². The van der Waals surface area contributed by atoms with Gasteiger partial charge in [-0.15, -0.1) is 21.5 Å². The van der Waals surface area contributed by atoms with Crippen LogP contribution in [-0.2, 0) is 25.6 Å². The minimum Gasteiger partial charge on any atom is -0.356 e. The summed E-state index contributed by atoms with van der Waals surface area (Å²) < 4.78 is 1.99. The highest BCUT2D eigenvalue weighted by molar-refractivity contribution is 7.15. The van der Waals surface area contributed by atoms with Crippen molar-refractivity contribution in [3.8, 4) is 5.00 Å². The number of hydrogen-bond acceptors (Lipinski definition) is 8. The lowest BCUT2D eigenvalue weighted by molar-refractivity contribution is -0.136. The van der Waals surface area contributed by atoms with E-state index < -0.39 is 12.1 Å². The van der Waals surface area contributed by atoms with Crippen LogP contribution >= 0.6 is 57.7 Å². The molecule has 4 aromatic carbocycles. The number of thiophene rings is 1. The van der Waals surface area contributed by atoms with E-state index in [1.54, 1.807) is 52.7 Å². The van der Waals surface area contributed by atoms with E-state index in [1.165, 1.54) is 0 Å². The quantitative estimate of drug-likeness (QED) is 0.0873. The van der Waals surface area contributed by atoms with Crippen molar-refractivity contribution in [1.82, 2.24) is 30.3 Å². The van der Waals surface area contributed by atoms with Crippen molar-refractivity contribution in [2.24, 2.45) is 4.99 Å². The Morgan fingerprint density at radius 3 is 2.16 bits per heavy atom. The lowest BCUT2D eigenvalue weighted by Gasteiger charge is -2.33. The maximum Gasteiger partial charge on any atom is 0.246 e. The molecule has 1 fully saturated rings. The third-order valence-corrected chi connectivity index (χ3v) is 14.6. The minimum atomic E-state index is -0.961. The first kappa shape index (κ1) is 48.6. The summed E-state index contributed by atoms with van der Waals surface area (Å²) >= 11 is 26.8. The van der Waals surface area contributed by atoms with Gasteiger partial charge in [0, 0.05) is 69.7 Å². The first-order valence-corrected chi connectivity index (χ1v) is 24.4. The molecule has 16 heteroatoms. The van der Waals surface area contributed by atoms with Crippen molar-refractivity contribution in [2.45, 2.75) is 65.5 Å². The summed E-state index contributed by atoms with van der Waals surface area (Å²) in [5, 5.41) is 17.7. The summed E-state index contributed by atoms with van der Waals surface area (Å²) in [6, 6.07) is 25.8. The van der Waals surface area contributed by atoms with Crippen molar-refractivity contribution in [3.05, 3.63) is 178 Å². The molecule has 0 unspecified atom stereocenters. The second-order valence-corrected chi connectivity index (χ2v) is 19.8. The predicted octanol–water partition coefficient (Wildman–Crippen LogP) is 10.7. The summed E-state index contributed by atoms with van der Waals surface area (Å²) in [6.45, 7) is 8.13. The van der Waals surface area contributed by atoms with E-state index in [0.29, 0.717) is 54.9 Å². The number of piperidine rings is 1. The van der Waals surface area contributed by atoms with Crippen molar-refractivity contribution in [3.63, 3.8) is 0 Å². The second kappa shape index (κ2) is 21.2. The molecule has 4 heterocycles. The van der Waals surface area contributed by atoms with Crippen LogP contribution in [0.5, 0.6) is 0 Å². The molecule has 0 saturated carbocycles. The number of rotatable bonds is 13. The number of aliphatic imine (C=N–C) groups is 1. The van der Waals surface area contributed by atoms with Gasteiger partial charge >= 0.3 is 0 Å². The lowest BCUT2D eigenvalue weighted by Crippen LogP contribution is -2.52. The van der Waals surface area contributed by atoms with Crippen LogP contribution in [0.4, 0.5) is 0 Å². The minimum absolute atomic E-state index is 0.00231. The lowest BCUT2D eigenvalue weighted by atomic mass is 9.93. The highest BCUT2D eigenvalue weighted by Crippen LogP contribution is 2.40. The molecule has 2 atom stereocenters. The van der Waals surface area contributed by atoms with Gasteiger partial charge < -0.3 is 15.5 Å². The molecule has 2 aliphatic rings. The van der Waals surface area contributed by atoms with Gasteiger partial charge in [-0.2, -0.15) is 0 Å². The van der Waals surface area contributed by atoms with Crippen LogP contribution in [0.25, 0.3) is 17.2 Å². The number of carbonyl (C=O) groups excluding carboxylic acids is 4. The van der Waals surface area contributed by atoms with Gasteiger partial charge in [-0.3, -0.25) is 28.7 Å². The topological polar surface area (TPSA) is 139 Å². The number of halogens is 4. The number of likely N-dealkylation sites (tertiary alicyclic amines) is 1. The molecule has 0 aliphatic carbocycles. The molecule has 2 N–H and O–H groups in total. The van der Waals surface area contributed by atoms with E-state index in [-0.39, 0.29) is 62.4 Å². The molecule has 2 aromatic heterocycles. The highest BCUT2D eigenvalue weighted by Gasteiger charge is 2.35. The van der Waals surface area contributed by atoms with Gasteiger partial charge in [-0.05, 0) is 104 Å². The van der Waals surface area contributed by atoms with Gasteiger partial charge in [0.1, 0.15) is 22.9 Å². The molecule has 0 spiro atoms. The number of fused-ring (bicyclic) bond motifs is 3. The molecule has 0 bridgehead atoms. The van der Waals surface area contributed by atoms with E-state index in [1.807, 2.05) is 85.1 Å². The summed E-state index contributed by atoms with van der Waals surface area (Å²) in [7, 11) is 0. The van der Waals surface area contributed by atoms with Crippen LogP contribution in [0.15, 0.2) is 107 Å². The first-order chi connectivity index (χ1) is 32.6.